The zero-order valence-corrected chi connectivity index (χ0v) is 12.0. The SMILES string of the molecule is O=C(Cc1cccc(F)c1F)NCCCN1CCNCC1. The molecule has 2 rings (SSSR count). The zero-order chi connectivity index (χ0) is 15.1. The van der Waals surface area contributed by atoms with Crippen LogP contribution in [0.5, 0.6) is 0 Å². The van der Waals surface area contributed by atoms with E-state index in [9.17, 15) is 13.6 Å². The van der Waals surface area contributed by atoms with Crippen molar-refractivity contribution in [1.82, 2.24) is 15.5 Å². The van der Waals surface area contributed by atoms with Gasteiger partial charge in [0.1, 0.15) is 0 Å². The van der Waals surface area contributed by atoms with Gasteiger partial charge >= 0.3 is 0 Å². The highest BCUT2D eigenvalue weighted by molar-refractivity contribution is 5.78. The molecule has 1 fully saturated rings. The van der Waals surface area contributed by atoms with E-state index in [4.69, 9.17) is 0 Å². The first-order valence-corrected chi connectivity index (χ1v) is 7.29. The average Bonchev–Trinajstić information content (AvgIpc) is 2.49. The quantitative estimate of drug-likeness (QED) is 0.768. The van der Waals surface area contributed by atoms with Crippen molar-refractivity contribution in [2.24, 2.45) is 0 Å². The smallest absolute Gasteiger partial charge is 0.224 e. The number of rotatable bonds is 6. The van der Waals surface area contributed by atoms with Crippen LogP contribution in [0.15, 0.2) is 18.2 Å². The van der Waals surface area contributed by atoms with Crippen molar-refractivity contribution in [1.29, 1.82) is 0 Å². The number of benzene rings is 1. The molecule has 1 aliphatic heterocycles. The Hall–Kier alpha value is -1.53. The molecule has 1 aromatic rings. The summed E-state index contributed by atoms with van der Waals surface area (Å²) in [4.78, 5) is 14.0. The van der Waals surface area contributed by atoms with Gasteiger partial charge in [0, 0.05) is 38.3 Å². The van der Waals surface area contributed by atoms with Gasteiger partial charge in [0.05, 0.1) is 6.42 Å². The Labute approximate surface area is 123 Å². The van der Waals surface area contributed by atoms with Crippen LogP contribution in [0.3, 0.4) is 0 Å². The molecule has 0 radical (unpaired) electrons. The first-order chi connectivity index (χ1) is 10.2. The van der Waals surface area contributed by atoms with E-state index in [1.54, 1.807) is 0 Å². The maximum absolute atomic E-state index is 13.4. The second-order valence-electron chi connectivity index (χ2n) is 5.18. The molecule has 1 heterocycles. The lowest BCUT2D eigenvalue weighted by molar-refractivity contribution is -0.120. The van der Waals surface area contributed by atoms with Gasteiger partial charge in [0.15, 0.2) is 11.6 Å². The number of hydrogen-bond donors (Lipinski definition) is 2. The van der Waals surface area contributed by atoms with Crippen molar-refractivity contribution >= 4 is 5.91 Å². The number of nitrogens with zero attached hydrogens (tertiary/aromatic N) is 1. The number of hydrogen-bond acceptors (Lipinski definition) is 3. The maximum atomic E-state index is 13.4. The molecule has 0 bridgehead atoms. The van der Waals surface area contributed by atoms with Crippen LogP contribution in [0.25, 0.3) is 0 Å². The highest BCUT2D eigenvalue weighted by Crippen LogP contribution is 2.11. The zero-order valence-electron chi connectivity index (χ0n) is 12.0. The van der Waals surface area contributed by atoms with Crippen molar-refractivity contribution in [3.63, 3.8) is 0 Å². The second kappa shape index (κ2) is 8.05. The van der Waals surface area contributed by atoms with Gasteiger partial charge in [-0.1, -0.05) is 12.1 Å². The fourth-order valence-electron chi connectivity index (χ4n) is 2.39. The Morgan fingerprint density at radius 3 is 2.81 bits per heavy atom. The molecule has 1 saturated heterocycles. The standard InChI is InChI=1S/C15H21F2N3O/c16-13-4-1-3-12(15(13)17)11-14(21)19-5-2-8-20-9-6-18-7-10-20/h1,3-4,18H,2,5-11H2,(H,19,21). The van der Waals surface area contributed by atoms with Crippen molar-refractivity contribution in [3.05, 3.63) is 35.4 Å². The fraction of sp³-hybridized carbons (Fsp3) is 0.533. The third-order valence-electron chi connectivity index (χ3n) is 3.57. The van der Waals surface area contributed by atoms with Crippen molar-refractivity contribution in [2.45, 2.75) is 12.8 Å². The lowest BCUT2D eigenvalue weighted by Crippen LogP contribution is -2.44. The molecule has 6 heteroatoms. The van der Waals surface area contributed by atoms with Crippen LogP contribution in [0.1, 0.15) is 12.0 Å². The molecule has 0 aromatic heterocycles. The molecule has 0 unspecified atom stereocenters. The van der Waals surface area contributed by atoms with E-state index in [1.807, 2.05) is 0 Å². The number of amides is 1. The molecule has 0 spiro atoms. The molecule has 4 nitrogen and oxygen atoms in total. The summed E-state index contributed by atoms with van der Waals surface area (Å²) in [6, 6.07) is 3.88. The normalized spacial score (nSPS) is 15.9. The van der Waals surface area contributed by atoms with Gasteiger partial charge in [-0.15, -0.1) is 0 Å². The monoisotopic (exact) mass is 297 g/mol. The number of carbonyl (C=O) groups excluding carboxylic acids is 1. The Morgan fingerprint density at radius 2 is 2.05 bits per heavy atom. The van der Waals surface area contributed by atoms with Crippen molar-refractivity contribution in [3.8, 4) is 0 Å². The molecule has 1 aliphatic rings. The summed E-state index contributed by atoms with van der Waals surface area (Å²) in [5.41, 5.74) is 0.0922. The molecule has 0 aliphatic carbocycles. The van der Waals surface area contributed by atoms with E-state index in [-0.39, 0.29) is 17.9 Å². The van der Waals surface area contributed by atoms with Gasteiger partial charge in [0.25, 0.3) is 0 Å². The van der Waals surface area contributed by atoms with Crippen LogP contribution in [0, 0.1) is 11.6 Å². The molecule has 21 heavy (non-hydrogen) atoms. The molecule has 0 saturated carbocycles. The van der Waals surface area contributed by atoms with Crippen LogP contribution >= 0.6 is 0 Å². The van der Waals surface area contributed by atoms with E-state index >= 15 is 0 Å². The number of nitrogens with one attached hydrogen (secondary N) is 2. The minimum absolute atomic E-state index is 0.0922. The van der Waals surface area contributed by atoms with Crippen LogP contribution in [0.2, 0.25) is 0 Å². The predicted molar refractivity (Wildman–Crippen MR) is 77.0 cm³/mol. The summed E-state index contributed by atoms with van der Waals surface area (Å²) in [7, 11) is 0. The van der Waals surface area contributed by atoms with Gasteiger partial charge < -0.3 is 15.5 Å². The van der Waals surface area contributed by atoms with Crippen molar-refractivity contribution in [2.75, 3.05) is 39.3 Å². The maximum Gasteiger partial charge on any atom is 0.224 e. The lowest BCUT2D eigenvalue weighted by atomic mass is 10.1. The Balaban J connectivity index is 1.66. The predicted octanol–water partition coefficient (Wildman–Crippen LogP) is 0.919. The second-order valence-corrected chi connectivity index (χ2v) is 5.18. The van der Waals surface area contributed by atoms with Crippen LogP contribution in [0.4, 0.5) is 8.78 Å². The number of halogens is 2. The fourth-order valence-corrected chi connectivity index (χ4v) is 2.39. The molecule has 2 N–H and O–H groups in total. The van der Waals surface area contributed by atoms with E-state index in [0.717, 1.165) is 45.2 Å². The summed E-state index contributed by atoms with van der Waals surface area (Å²) < 4.78 is 26.5. The molecular formula is C15H21F2N3O. The third kappa shape index (κ3) is 5.06. The Kier molecular flexibility index (Phi) is 6.07. The summed E-state index contributed by atoms with van der Waals surface area (Å²) in [6.45, 7) is 5.57. The molecule has 1 aromatic carbocycles. The van der Waals surface area contributed by atoms with Gasteiger partial charge in [-0.05, 0) is 19.0 Å². The van der Waals surface area contributed by atoms with Crippen molar-refractivity contribution < 1.29 is 13.6 Å². The van der Waals surface area contributed by atoms with E-state index in [1.165, 1.54) is 12.1 Å². The minimum atomic E-state index is -0.937. The van der Waals surface area contributed by atoms with E-state index in [0.29, 0.717) is 6.54 Å². The topological polar surface area (TPSA) is 44.4 Å². The first-order valence-electron chi connectivity index (χ1n) is 7.29. The Bertz CT molecular complexity index is 476. The molecule has 1 amide bonds. The van der Waals surface area contributed by atoms with Gasteiger partial charge in [-0.2, -0.15) is 0 Å². The summed E-state index contributed by atoms with van der Waals surface area (Å²) in [6.07, 6.45) is 0.731. The van der Waals surface area contributed by atoms with Crippen LogP contribution < -0.4 is 10.6 Å². The van der Waals surface area contributed by atoms with Gasteiger partial charge in [0.2, 0.25) is 5.91 Å². The lowest BCUT2D eigenvalue weighted by Gasteiger charge is -2.27. The number of carbonyl (C=O) groups is 1. The largest absolute Gasteiger partial charge is 0.356 e. The van der Waals surface area contributed by atoms with Gasteiger partial charge in [-0.25, -0.2) is 8.78 Å². The van der Waals surface area contributed by atoms with E-state index < -0.39 is 11.6 Å². The molecular weight excluding hydrogens is 276 g/mol. The highest BCUT2D eigenvalue weighted by atomic mass is 19.2. The molecule has 116 valence electrons. The number of piperazine rings is 1. The molecule has 0 atom stereocenters. The highest BCUT2D eigenvalue weighted by Gasteiger charge is 2.12. The summed E-state index contributed by atoms with van der Waals surface area (Å²) >= 11 is 0. The van der Waals surface area contributed by atoms with E-state index in [2.05, 4.69) is 15.5 Å². The Morgan fingerprint density at radius 1 is 1.29 bits per heavy atom. The van der Waals surface area contributed by atoms with Crippen LogP contribution in [-0.4, -0.2) is 50.1 Å². The summed E-state index contributed by atoms with van der Waals surface area (Å²) in [5.74, 6) is -2.13. The average molecular weight is 297 g/mol. The van der Waals surface area contributed by atoms with Gasteiger partial charge in [-0.3, -0.25) is 4.79 Å². The van der Waals surface area contributed by atoms with Crippen LogP contribution in [-0.2, 0) is 11.2 Å². The first kappa shape index (κ1) is 15.9. The third-order valence-corrected chi connectivity index (χ3v) is 3.57. The summed E-state index contributed by atoms with van der Waals surface area (Å²) in [5, 5.41) is 6.03. The minimum Gasteiger partial charge on any atom is -0.356 e.